The molecule has 2 rings (SSSR count). The van der Waals surface area contributed by atoms with Crippen LogP contribution in [0, 0.1) is 0 Å². The van der Waals surface area contributed by atoms with E-state index in [0.717, 1.165) is 0 Å². The van der Waals surface area contributed by atoms with E-state index in [1.54, 1.807) is 0 Å². The molecule has 1 amide bonds. The van der Waals surface area contributed by atoms with Crippen LogP contribution in [0.4, 0.5) is 5.69 Å². The van der Waals surface area contributed by atoms with Gasteiger partial charge in [-0.15, -0.1) is 0 Å². The first-order chi connectivity index (χ1) is 10.3. The van der Waals surface area contributed by atoms with Gasteiger partial charge in [-0.05, 0) is 30.3 Å². The molecule has 2 aromatic carbocycles. The molecular weight excluding hydrogens is 308 g/mol. The molecule has 0 fully saturated rings. The quantitative estimate of drug-likeness (QED) is 0.782. The Balaban J connectivity index is 2.33. The number of rotatable bonds is 4. The van der Waals surface area contributed by atoms with Gasteiger partial charge in [0.1, 0.15) is 0 Å². The molecule has 0 heterocycles. The van der Waals surface area contributed by atoms with E-state index in [-0.39, 0.29) is 21.7 Å². The fourth-order valence-corrected chi connectivity index (χ4v) is 2.38. The van der Waals surface area contributed by atoms with Crippen LogP contribution in [0.3, 0.4) is 0 Å². The average molecular weight is 320 g/mol. The molecule has 0 aliphatic rings. The van der Waals surface area contributed by atoms with Crippen LogP contribution < -0.4 is 10.5 Å². The van der Waals surface area contributed by atoms with Gasteiger partial charge >= 0.3 is 5.97 Å². The molecule has 0 aromatic heterocycles. The highest BCUT2D eigenvalue weighted by Gasteiger charge is 2.16. The van der Waals surface area contributed by atoms with E-state index < -0.39 is 21.9 Å². The molecule has 0 aliphatic heterocycles. The fourth-order valence-electron chi connectivity index (χ4n) is 1.82. The van der Waals surface area contributed by atoms with Crippen LogP contribution in [-0.4, -0.2) is 25.4 Å². The van der Waals surface area contributed by atoms with Gasteiger partial charge in [-0.2, -0.15) is 0 Å². The Hall–Kier alpha value is -2.71. The van der Waals surface area contributed by atoms with Crippen molar-refractivity contribution in [1.82, 2.24) is 0 Å². The number of anilines is 1. The number of hydrogen-bond acceptors (Lipinski definition) is 4. The van der Waals surface area contributed by atoms with Crippen LogP contribution in [0.15, 0.2) is 53.4 Å². The highest BCUT2D eigenvalue weighted by atomic mass is 32.2. The van der Waals surface area contributed by atoms with Gasteiger partial charge in [-0.3, -0.25) is 4.79 Å². The minimum Gasteiger partial charge on any atom is -0.478 e. The van der Waals surface area contributed by atoms with Crippen LogP contribution in [0.1, 0.15) is 20.7 Å². The lowest BCUT2D eigenvalue weighted by Crippen LogP contribution is -2.17. The maximum atomic E-state index is 12.1. The lowest BCUT2D eigenvalue weighted by atomic mass is 10.1. The van der Waals surface area contributed by atoms with E-state index in [1.165, 1.54) is 48.5 Å². The van der Waals surface area contributed by atoms with Gasteiger partial charge in [0, 0.05) is 5.69 Å². The molecule has 22 heavy (non-hydrogen) atoms. The number of carboxylic acids is 1. The molecule has 7 nitrogen and oxygen atoms in total. The number of nitrogens with one attached hydrogen (secondary N) is 1. The van der Waals surface area contributed by atoms with E-state index in [4.69, 9.17) is 10.2 Å². The zero-order valence-electron chi connectivity index (χ0n) is 11.2. The fraction of sp³-hybridized carbons (Fsp3) is 0. The van der Waals surface area contributed by atoms with Crippen LogP contribution in [0.5, 0.6) is 0 Å². The van der Waals surface area contributed by atoms with Gasteiger partial charge in [-0.25, -0.2) is 18.4 Å². The maximum absolute atomic E-state index is 12.1. The zero-order valence-corrected chi connectivity index (χ0v) is 12.0. The van der Waals surface area contributed by atoms with Gasteiger partial charge in [0.2, 0.25) is 10.0 Å². The maximum Gasteiger partial charge on any atom is 0.336 e. The third kappa shape index (κ3) is 3.48. The first-order valence-corrected chi connectivity index (χ1v) is 7.60. The Morgan fingerprint density at radius 1 is 1.00 bits per heavy atom. The van der Waals surface area contributed by atoms with Crippen LogP contribution in [-0.2, 0) is 10.0 Å². The van der Waals surface area contributed by atoms with Gasteiger partial charge in [0.05, 0.1) is 16.0 Å². The van der Waals surface area contributed by atoms with Gasteiger partial charge < -0.3 is 10.4 Å². The average Bonchev–Trinajstić information content (AvgIpc) is 2.46. The van der Waals surface area contributed by atoms with Crippen molar-refractivity contribution in [3.8, 4) is 0 Å². The third-order valence-corrected chi connectivity index (χ3v) is 3.73. The zero-order chi connectivity index (χ0) is 16.3. The molecule has 0 radical (unpaired) electrons. The van der Waals surface area contributed by atoms with Gasteiger partial charge in [-0.1, -0.05) is 18.2 Å². The largest absolute Gasteiger partial charge is 0.478 e. The number of primary sulfonamides is 1. The SMILES string of the molecule is NS(=O)(=O)c1cccc(NC(=O)c2ccccc2C(=O)O)c1. The summed E-state index contributed by atoms with van der Waals surface area (Å²) in [4.78, 5) is 23.1. The normalized spacial score (nSPS) is 11.0. The highest BCUT2D eigenvalue weighted by molar-refractivity contribution is 7.89. The summed E-state index contributed by atoms with van der Waals surface area (Å²) in [5.41, 5.74) is 0.00956. The Morgan fingerprint density at radius 3 is 2.23 bits per heavy atom. The Morgan fingerprint density at radius 2 is 1.64 bits per heavy atom. The van der Waals surface area contributed by atoms with Crippen molar-refractivity contribution >= 4 is 27.6 Å². The topological polar surface area (TPSA) is 127 Å². The molecule has 0 spiro atoms. The number of sulfonamides is 1. The standard InChI is InChI=1S/C14H12N2O5S/c15-22(20,21)10-5-3-4-9(8-10)16-13(17)11-6-1-2-7-12(11)14(18)19/h1-8H,(H,16,17)(H,18,19)(H2,15,20,21). The van der Waals surface area contributed by atoms with E-state index in [1.807, 2.05) is 0 Å². The number of amides is 1. The van der Waals surface area contributed by atoms with Crippen LogP contribution in [0.25, 0.3) is 0 Å². The summed E-state index contributed by atoms with van der Waals surface area (Å²) in [5.74, 6) is -1.89. The minimum absolute atomic E-state index is 0.0315. The van der Waals surface area contributed by atoms with Gasteiger partial charge in [0.25, 0.3) is 5.91 Å². The molecule has 114 valence electrons. The van der Waals surface area contributed by atoms with Crippen molar-refractivity contribution in [3.05, 3.63) is 59.7 Å². The third-order valence-electron chi connectivity index (χ3n) is 2.82. The van der Waals surface area contributed by atoms with Crippen LogP contribution >= 0.6 is 0 Å². The van der Waals surface area contributed by atoms with E-state index in [0.29, 0.717) is 0 Å². The van der Waals surface area contributed by atoms with E-state index >= 15 is 0 Å². The number of carbonyl (C=O) groups excluding carboxylic acids is 1. The summed E-state index contributed by atoms with van der Waals surface area (Å²) in [6, 6.07) is 11.1. The first-order valence-electron chi connectivity index (χ1n) is 6.05. The number of benzene rings is 2. The Bertz CT molecular complexity index is 846. The monoisotopic (exact) mass is 320 g/mol. The number of hydrogen-bond donors (Lipinski definition) is 3. The van der Waals surface area contributed by atoms with E-state index in [2.05, 4.69) is 5.32 Å². The summed E-state index contributed by atoms with van der Waals surface area (Å²) in [6.45, 7) is 0. The second-order valence-corrected chi connectivity index (χ2v) is 5.94. The summed E-state index contributed by atoms with van der Waals surface area (Å²) in [7, 11) is -3.89. The van der Waals surface area contributed by atoms with Gasteiger partial charge in [0.15, 0.2) is 0 Å². The van der Waals surface area contributed by atoms with Crippen molar-refractivity contribution < 1.29 is 23.1 Å². The molecule has 2 aromatic rings. The summed E-state index contributed by atoms with van der Waals surface area (Å²) in [5, 5.41) is 16.5. The lowest BCUT2D eigenvalue weighted by Gasteiger charge is -2.08. The number of carboxylic acid groups (broad SMARTS) is 1. The van der Waals surface area contributed by atoms with Crippen LogP contribution in [0.2, 0.25) is 0 Å². The Labute approximate surface area is 126 Å². The second kappa shape index (κ2) is 5.96. The molecule has 0 aliphatic carbocycles. The summed E-state index contributed by atoms with van der Waals surface area (Å²) >= 11 is 0. The summed E-state index contributed by atoms with van der Waals surface area (Å²) in [6.07, 6.45) is 0. The van der Waals surface area contributed by atoms with Crippen molar-refractivity contribution in [3.63, 3.8) is 0 Å². The summed E-state index contributed by atoms with van der Waals surface area (Å²) < 4.78 is 22.5. The minimum atomic E-state index is -3.89. The van der Waals surface area contributed by atoms with Crippen molar-refractivity contribution in [2.24, 2.45) is 5.14 Å². The first kappa shape index (κ1) is 15.7. The smallest absolute Gasteiger partial charge is 0.336 e. The van der Waals surface area contributed by atoms with Crippen molar-refractivity contribution in [1.29, 1.82) is 0 Å². The Kier molecular flexibility index (Phi) is 4.25. The second-order valence-electron chi connectivity index (χ2n) is 4.38. The highest BCUT2D eigenvalue weighted by Crippen LogP contribution is 2.16. The molecule has 0 atom stereocenters. The van der Waals surface area contributed by atoms with Crippen molar-refractivity contribution in [2.45, 2.75) is 4.90 Å². The number of carbonyl (C=O) groups is 2. The van der Waals surface area contributed by atoms with Crippen molar-refractivity contribution in [2.75, 3.05) is 5.32 Å². The molecule has 0 saturated heterocycles. The number of aromatic carboxylic acids is 1. The molecular formula is C14H12N2O5S. The molecule has 0 bridgehead atoms. The predicted molar refractivity (Wildman–Crippen MR) is 79.2 cm³/mol. The lowest BCUT2D eigenvalue weighted by molar-refractivity contribution is 0.0692. The molecule has 4 N–H and O–H groups in total. The van der Waals surface area contributed by atoms with E-state index in [9.17, 15) is 18.0 Å². The predicted octanol–water partition coefficient (Wildman–Crippen LogP) is 1.28. The molecule has 8 heteroatoms. The molecule has 0 saturated carbocycles. The number of nitrogens with two attached hydrogens (primary N) is 1. The molecule has 0 unspecified atom stereocenters.